The van der Waals surface area contributed by atoms with Crippen molar-refractivity contribution in [1.82, 2.24) is 0 Å². The van der Waals surface area contributed by atoms with Crippen molar-refractivity contribution < 1.29 is 9.84 Å². The van der Waals surface area contributed by atoms with Crippen LogP contribution in [0.25, 0.3) is 0 Å². The summed E-state index contributed by atoms with van der Waals surface area (Å²) in [6.07, 6.45) is 0. The molecule has 98 valence electrons. The number of hydrogen-bond donors (Lipinski definition) is 2. The lowest BCUT2D eigenvalue weighted by Crippen LogP contribution is -2.12. The fourth-order valence-corrected chi connectivity index (χ4v) is 2.55. The topological polar surface area (TPSA) is 55.5 Å². The van der Waals surface area contributed by atoms with Gasteiger partial charge < -0.3 is 15.6 Å². The lowest BCUT2D eigenvalue weighted by molar-refractivity contribution is 0.397. The first kappa shape index (κ1) is 15.1. The van der Waals surface area contributed by atoms with Crippen LogP contribution in [0.4, 0.5) is 0 Å². The Morgan fingerprint density at radius 3 is 2.67 bits per heavy atom. The van der Waals surface area contributed by atoms with Gasteiger partial charge in [0.05, 0.1) is 23.7 Å². The standard InChI is InChI=1S/C12H12ClNO2S.ClH/c1-16-8-5-4-7(13)12(15)10(8)11(14)9-3-2-6-17-9;/h2-6,11,15H,14H2,1H3;1H/t11-;/m1./s1. The molecule has 0 saturated carbocycles. The number of ether oxygens (including phenoxy) is 1. The summed E-state index contributed by atoms with van der Waals surface area (Å²) in [7, 11) is 1.54. The largest absolute Gasteiger partial charge is 0.506 e. The molecule has 0 saturated heterocycles. The maximum atomic E-state index is 9.99. The van der Waals surface area contributed by atoms with Crippen molar-refractivity contribution in [3.63, 3.8) is 0 Å². The van der Waals surface area contributed by atoms with E-state index in [4.69, 9.17) is 22.1 Å². The van der Waals surface area contributed by atoms with E-state index in [-0.39, 0.29) is 23.2 Å². The number of rotatable bonds is 3. The van der Waals surface area contributed by atoms with Gasteiger partial charge in [-0.15, -0.1) is 23.7 Å². The van der Waals surface area contributed by atoms with Crippen molar-refractivity contribution >= 4 is 35.3 Å². The predicted molar refractivity (Wildman–Crippen MR) is 77.3 cm³/mol. The van der Waals surface area contributed by atoms with Gasteiger partial charge >= 0.3 is 0 Å². The third kappa shape index (κ3) is 2.72. The summed E-state index contributed by atoms with van der Waals surface area (Å²) >= 11 is 7.42. The predicted octanol–water partition coefficient (Wildman–Crippen LogP) is 3.59. The van der Waals surface area contributed by atoms with Gasteiger partial charge in [0.25, 0.3) is 0 Å². The Morgan fingerprint density at radius 2 is 2.11 bits per heavy atom. The fourth-order valence-electron chi connectivity index (χ4n) is 1.65. The van der Waals surface area contributed by atoms with E-state index in [1.165, 1.54) is 18.4 Å². The molecule has 0 bridgehead atoms. The average molecular weight is 306 g/mol. The van der Waals surface area contributed by atoms with E-state index in [0.29, 0.717) is 11.3 Å². The zero-order valence-electron chi connectivity index (χ0n) is 9.59. The van der Waals surface area contributed by atoms with Crippen molar-refractivity contribution in [2.75, 3.05) is 7.11 Å². The smallest absolute Gasteiger partial charge is 0.143 e. The van der Waals surface area contributed by atoms with Crippen LogP contribution in [0.15, 0.2) is 29.6 Å². The van der Waals surface area contributed by atoms with Crippen LogP contribution in [-0.4, -0.2) is 12.2 Å². The van der Waals surface area contributed by atoms with Crippen molar-refractivity contribution in [2.45, 2.75) is 6.04 Å². The maximum absolute atomic E-state index is 9.99. The van der Waals surface area contributed by atoms with Gasteiger partial charge in [-0.3, -0.25) is 0 Å². The van der Waals surface area contributed by atoms with Crippen LogP contribution in [0.3, 0.4) is 0 Å². The number of halogens is 2. The quantitative estimate of drug-likeness (QED) is 0.911. The van der Waals surface area contributed by atoms with Crippen LogP contribution in [0, 0.1) is 0 Å². The molecular weight excluding hydrogens is 293 g/mol. The Hall–Kier alpha value is -0.940. The minimum absolute atomic E-state index is 0. The summed E-state index contributed by atoms with van der Waals surface area (Å²) in [6, 6.07) is 6.66. The summed E-state index contributed by atoms with van der Waals surface area (Å²) in [5, 5.41) is 12.2. The number of methoxy groups -OCH3 is 1. The van der Waals surface area contributed by atoms with Gasteiger partial charge in [0.15, 0.2) is 0 Å². The second-order valence-corrected chi connectivity index (χ2v) is 4.89. The highest BCUT2D eigenvalue weighted by Crippen LogP contribution is 2.40. The van der Waals surface area contributed by atoms with Gasteiger partial charge in [0, 0.05) is 4.88 Å². The molecule has 0 spiro atoms. The SMILES string of the molecule is COc1ccc(Cl)c(O)c1[C@H](N)c1cccs1.Cl. The van der Waals surface area contributed by atoms with Crippen molar-refractivity contribution in [3.05, 3.63) is 45.1 Å². The van der Waals surface area contributed by atoms with Crippen molar-refractivity contribution in [1.29, 1.82) is 0 Å². The second kappa shape index (κ2) is 6.29. The summed E-state index contributed by atoms with van der Waals surface area (Å²) < 4.78 is 5.21. The van der Waals surface area contributed by atoms with Crippen LogP contribution in [0.2, 0.25) is 5.02 Å². The molecule has 0 radical (unpaired) electrons. The highest BCUT2D eigenvalue weighted by Gasteiger charge is 2.21. The molecule has 1 atom stereocenters. The normalized spacial score (nSPS) is 11.7. The second-order valence-electron chi connectivity index (χ2n) is 3.51. The van der Waals surface area contributed by atoms with E-state index in [1.54, 1.807) is 12.1 Å². The number of hydrogen-bond acceptors (Lipinski definition) is 4. The molecule has 0 amide bonds. The highest BCUT2D eigenvalue weighted by atomic mass is 35.5. The maximum Gasteiger partial charge on any atom is 0.143 e. The van der Waals surface area contributed by atoms with Gasteiger partial charge in [-0.25, -0.2) is 0 Å². The minimum atomic E-state index is -0.441. The fraction of sp³-hybridized carbons (Fsp3) is 0.167. The minimum Gasteiger partial charge on any atom is -0.506 e. The molecule has 18 heavy (non-hydrogen) atoms. The Morgan fingerprint density at radius 1 is 1.39 bits per heavy atom. The molecule has 0 unspecified atom stereocenters. The molecule has 1 heterocycles. The molecule has 0 aliphatic rings. The van der Waals surface area contributed by atoms with E-state index in [2.05, 4.69) is 0 Å². The van der Waals surface area contributed by atoms with E-state index in [0.717, 1.165) is 4.88 Å². The summed E-state index contributed by atoms with van der Waals surface area (Å²) in [4.78, 5) is 0.945. The van der Waals surface area contributed by atoms with Gasteiger partial charge in [-0.2, -0.15) is 0 Å². The zero-order chi connectivity index (χ0) is 12.4. The Kier molecular flexibility index (Phi) is 5.28. The molecule has 2 rings (SSSR count). The Bertz CT molecular complexity index is 517. The van der Waals surface area contributed by atoms with E-state index >= 15 is 0 Å². The molecular formula is C12H13Cl2NO2S. The zero-order valence-corrected chi connectivity index (χ0v) is 12.0. The Labute approximate surface area is 121 Å². The van der Waals surface area contributed by atoms with Crippen molar-refractivity contribution in [3.8, 4) is 11.5 Å². The molecule has 1 aromatic carbocycles. The molecule has 6 heteroatoms. The first-order valence-electron chi connectivity index (χ1n) is 4.99. The van der Waals surface area contributed by atoms with Gasteiger partial charge in [0.1, 0.15) is 11.5 Å². The van der Waals surface area contributed by atoms with E-state index < -0.39 is 6.04 Å². The number of phenols is 1. The van der Waals surface area contributed by atoms with Gasteiger partial charge in [-0.05, 0) is 23.6 Å². The molecule has 3 nitrogen and oxygen atoms in total. The van der Waals surface area contributed by atoms with Crippen LogP contribution in [0.1, 0.15) is 16.5 Å². The summed E-state index contributed by atoms with van der Waals surface area (Å²) in [5.41, 5.74) is 6.63. The molecule has 0 fully saturated rings. The number of phenolic OH excluding ortho intramolecular Hbond substituents is 1. The number of nitrogens with two attached hydrogens (primary N) is 1. The third-order valence-corrected chi connectivity index (χ3v) is 3.77. The van der Waals surface area contributed by atoms with Crippen LogP contribution >= 0.6 is 35.3 Å². The lowest BCUT2D eigenvalue weighted by atomic mass is 10.0. The number of thiophene rings is 1. The van der Waals surface area contributed by atoms with Crippen molar-refractivity contribution in [2.24, 2.45) is 5.73 Å². The molecule has 3 N–H and O–H groups in total. The third-order valence-electron chi connectivity index (χ3n) is 2.51. The average Bonchev–Trinajstić information content (AvgIpc) is 2.85. The summed E-state index contributed by atoms with van der Waals surface area (Å²) in [5.74, 6) is 0.514. The number of aromatic hydroxyl groups is 1. The molecule has 0 aliphatic carbocycles. The monoisotopic (exact) mass is 305 g/mol. The van der Waals surface area contributed by atoms with Gasteiger partial charge in [0.2, 0.25) is 0 Å². The van der Waals surface area contributed by atoms with Crippen LogP contribution in [-0.2, 0) is 0 Å². The van der Waals surface area contributed by atoms with Crippen LogP contribution < -0.4 is 10.5 Å². The highest BCUT2D eigenvalue weighted by molar-refractivity contribution is 7.10. The van der Waals surface area contributed by atoms with E-state index in [1.807, 2.05) is 17.5 Å². The first-order valence-corrected chi connectivity index (χ1v) is 6.25. The lowest BCUT2D eigenvalue weighted by Gasteiger charge is -2.16. The Balaban J connectivity index is 0.00000162. The number of benzene rings is 1. The molecule has 2 aromatic rings. The van der Waals surface area contributed by atoms with E-state index in [9.17, 15) is 5.11 Å². The first-order chi connectivity index (χ1) is 8.15. The summed E-state index contributed by atoms with van der Waals surface area (Å²) in [6.45, 7) is 0. The van der Waals surface area contributed by atoms with Crippen LogP contribution in [0.5, 0.6) is 11.5 Å². The molecule has 1 aromatic heterocycles. The van der Waals surface area contributed by atoms with Gasteiger partial charge in [-0.1, -0.05) is 17.7 Å². The molecule has 0 aliphatic heterocycles.